The van der Waals surface area contributed by atoms with Gasteiger partial charge in [-0.1, -0.05) is 13.0 Å². The number of thiophene rings is 1. The van der Waals surface area contributed by atoms with E-state index in [-0.39, 0.29) is 6.10 Å². The van der Waals surface area contributed by atoms with Gasteiger partial charge in [0.2, 0.25) is 0 Å². The number of aliphatic hydroxyl groups excluding tert-OH is 1. The maximum atomic E-state index is 9.88. The van der Waals surface area contributed by atoms with Crippen LogP contribution in [0.5, 0.6) is 0 Å². The molecule has 1 N–H and O–H groups in total. The molecule has 0 bridgehead atoms. The lowest BCUT2D eigenvalue weighted by atomic mass is 10.1. The van der Waals surface area contributed by atoms with E-state index in [0.29, 0.717) is 6.04 Å². The standard InChI is InChI=1S/C12H19NOS/c1-2-13(9-10-5-4-8-15-10)11-6-3-7-12(11)14/h4-5,8,11-12,14H,2-3,6-7,9H2,1H3/t11-,12-/m0/s1. The summed E-state index contributed by atoms with van der Waals surface area (Å²) in [5.41, 5.74) is 0. The Morgan fingerprint density at radius 3 is 2.93 bits per heavy atom. The fourth-order valence-electron chi connectivity index (χ4n) is 2.41. The predicted molar refractivity (Wildman–Crippen MR) is 64.0 cm³/mol. The number of nitrogens with zero attached hydrogens (tertiary/aromatic N) is 1. The molecular formula is C12H19NOS. The van der Waals surface area contributed by atoms with Gasteiger partial charge >= 0.3 is 0 Å². The third-order valence-electron chi connectivity index (χ3n) is 3.26. The van der Waals surface area contributed by atoms with Gasteiger partial charge in [0.25, 0.3) is 0 Å². The van der Waals surface area contributed by atoms with Crippen molar-refractivity contribution in [3.63, 3.8) is 0 Å². The van der Waals surface area contributed by atoms with E-state index < -0.39 is 0 Å². The van der Waals surface area contributed by atoms with Crippen LogP contribution in [0.15, 0.2) is 17.5 Å². The monoisotopic (exact) mass is 225 g/mol. The van der Waals surface area contributed by atoms with E-state index in [1.807, 2.05) is 0 Å². The van der Waals surface area contributed by atoms with Crippen LogP contribution in [0, 0.1) is 0 Å². The Morgan fingerprint density at radius 2 is 2.40 bits per heavy atom. The molecule has 0 saturated heterocycles. The van der Waals surface area contributed by atoms with Gasteiger partial charge in [-0.15, -0.1) is 11.3 Å². The van der Waals surface area contributed by atoms with Crippen LogP contribution in [0.3, 0.4) is 0 Å². The smallest absolute Gasteiger partial charge is 0.0695 e. The molecule has 2 atom stereocenters. The molecule has 0 aliphatic heterocycles. The van der Waals surface area contributed by atoms with Crippen LogP contribution in [0.4, 0.5) is 0 Å². The number of likely N-dealkylation sites (N-methyl/N-ethyl adjacent to an activating group) is 1. The Hall–Kier alpha value is -0.380. The van der Waals surface area contributed by atoms with Crippen LogP contribution >= 0.6 is 11.3 Å². The highest BCUT2D eigenvalue weighted by Gasteiger charge is 2.29. The topological polar surface area (TPSA) is 23.5 Å². The van der Waals surface area contributed by atoms with E-state index in [1.165, 1.54) is 11.3 Å². The van der Waals surface area contributed by atoms with Gasteiger partial charge < -0.3 is 5.11 Å². The zero-order chi connectivity index (χ0) is 10.7. The average molecular weight is 225 g/mol. The molecule has 0 amide bonds. The predicted octanol–water partition coefficient (Wildman–Crippen LogP) is 2.48. The number of hydrogen-bond acceptors (Lipinski definition) is 3. The second kappa shape index (κ2) is 5.10. The maximum absolute atomic E-state index is 9.88. The quantitative estimate of drug-likeness (QED) is 0.851. The third kappa shape index (κ3) is 2.60. The summed E-state index contributed by atoms with van der Waals surface area (Å²) in [6.07, 6.45) is 3.20. The van der Waals surface area contributed by atoms with Gasteiger partial charge in [-0.05, 0) is 37.3 Å². The Morgan fingerprint density at radius 1 is 1.53 bits per heavy atom. The maximum Gasteiger partial charge on any atom is 0.0695 e. The summed E-state index contributed by atoms with van der Waals surface area (Å²) in [7, 11) is 0. The highest BCUT2D eigenvalue weighted by atomic mass is 32.1. The lowest BCUT2D eigenvalue weighted by molar-refractivity contribution is 0.0699. The summed E-state index contributed by atoms with van der Waals surface area (Å²) in [6, 6.07) is 4.66. The molecule has 0 aromatic carbocycles. The second-order valence-electron chi connectivity index (χ2n) is 4.21. The summed E-state index contributed by atoms with van der Waals surface area (Å²) >= 11 is 1.80. The molecule has 1 aromatic heterocycles. The lowest BCUT2D eigenvalue weighted by Crippen LogP contribution is -2.39. The summed E-state index contributed by atoms with van der Waals surface area (Å²) in [6.45, 7) is 4.20. The molecular weight excluding hydrogens is 206 g/mol. The highest BCUT2D eigenvalue weighted by Crippen LogP contribution is 2.26. The van der Waals surface area contributed by atoms with Crippen molar-refractivity contribution in [2.75, 3.05) is 6.54 Å². The minimum Gasteiger partial charge on any atom is -0.391 e. The molecule has 1 aromatic rings. The zero-order valence-electron chi connectivity index (χ0n) is 9.22. The average Bonchev–Trinajstić information content (AvgIpc) is 2.85. The minimum atomic E-state index is -0.107. The van der Waals surface area contributed by atoms with Crippen LogP contribution in [0.2, 0.25) is 0 Å². The van der Waals surface area contributed by atoms with E-state index in [2.05, 4.69) is 29.3 Å². The van der Waals surface area contributed by atoms with Crippen molar-refractivity contribution in [3.05, 3.63) is 22.4 Å². The van der Waals surface area contributed by atoms with Crippen LogP contribution < -0.4 is 0 Å². The molecule has 2 rings (SSSR count). The van der Waals surface area contributed by atoms with E-state index in [9.17, 15) is 5.11 Å². The van der Waals surface area contributed by atoms with Crippen LogP contribution in [-0.4, -0.2) is 28.7 Å². The van der Waals surface area contributed by atoms with Gasteiger partial charge in [0.1, 0.15) is 0 Å². The van der Waals surface area contributed by atoms with E-state index in [1.54, 1.807) is 11.3 Å². The minimum absolute atomic E-state index is 0.107. The zero-order valence-corrected chi connectivity index (χ0v) is 10.0. The van der Waals surface area contributed by atoms with Crippen LogP contribution in [0.1, 0.15) is 31.1 Å². The molecule has 3 heteroatoms. The van der Waals surface area contributed by atoms with Crippen molar-refractivity contribution in [1.29, 1.82) is 0 Å². The molecule has 0 unspecified atom stereocenters. The molecule has 0 radical (unpaired) electrons. The Kier molecular flexibility index (Phi) is 3.78. The molecule has 1 aliphatic carbocycles. The van der Waals surface area contributed by atoms with Gasteiger partial charge in [-0.2, -0.15) is 0 Å². The largest absolute Gasteiger partial charge is 0.391 e. The van der Waals surface area contributed by atoms with Crippen molar-refractivity contribution in [2.24, 2.45) is 0 Å². The van der Waals surface area contributed by atoms with Gasteiger partial charge in [0.15, 0.2) is 0 Å². The first-order valence-electron chi connectivity index (χ1n) is 5.75. The van der Waals surface area contributed by atoms with Crippen molar-refractivity contribution in [2.45, 2.75) is 44.9 Å². The third-order valence-corrected chi connectivity index (χ3v) is 4.12. The van der Waals surface area contributed by atoms with Crippen molar-refractivity contribution in [1.82, 2.24) is 4.90 Å². The van der Waals surface area contributed by atoms with Gasteiger partial charge in [0.05, 0.1) is 6.10 Å². The van der Waals surface area contributed by atoms with Crippen LogP contribution in [0.25, 0.3) is 0 Å². The van der Waals surface area contributed by atoms with E-state index >= 15 is 0 Å². The molecule has 1 saturated carbocycles. The summed E-state index contributed by atoms with van der Waals surface area (Å²) < 4.78 is 0. The fourth-order valence-corrected chi connectivity index (χ4v) is 3.14. The Balaban J connectivity index is 1.97. The number of aliphatic hydroxyl groups is 1. The van der Waals surface area contributed by atoms with Gasteiger partial charge in [-0.25, -0.2) is 0 Å². The van der Waals surface area contributed by atoms with Gasteiger partial charge in [0, 0.05) is 17.5 Å². The lowest BCUT2D eigenvalue weighted by Gasteiger charge is -2.29. The Bertz CT molecular complexity index is 286. The van der Waals surface area contributed by atoms with E-state index in [0.717, 1.165) is 25.9 Å². The number of rotatable bonds is 4. The number of hydrogen-bond donors (Lipinski definition) is 1. The molecule has 1 heterocycles. The molecule has 1 aliphatic rings. The second-order valence-corrected chi connectivity index (χ2v) is 5.24. The molecule has 84 valence electrons. The Labute approximate surface area is 95.5 Å². The summed E-state index contributed by atoms with van der Waals surface area (Å²) in [5.74, 6) is 0. The first-order valence-corrected chi connectivity index (χ1v) is 6.63. The van der Waals surface area contributed by atoms with Crippen molar-refractivity contribution in [3.8, 4) is 0 Å². The van der Waals surface area contributed by atoms with Crippen LogP contribution in [-0.2, 0) is 6.54 Å². The molecule has 0 spiro atoms. The molecule has 2 nitrogen and oxygen atoms in total. The normalized spacial score (nSPS) is 26.3. The van der Waals surface area contributed by atoms with E-state index in [4.69, 9.17) is 0 Å². The molecule has 15 heavy (non-hydrogen) atoms. The first-order chi connectivity index (χ1) is 7.31. The van der Waals surface area contributed by atoms with Crippen molar-refractivity contribution < 1.29 is 5.11 Å². The highest BCUT2D eigenvalue weighted by molar-refractivity contribution is 7.09. The first kappa shape index (κ1) is 11.1. The molecule has 1 fully saturated rings. The van der Waals surface area contributed by atoms with Crippen molar-refractivity contribution >= 4 is 11.3 Å². The van der Waals surface area contributed by atoms with Gasteiger partial charge in [-0.3, -0.25) is 4.90 Å². The summed E-state index contributed by atoms with van der Waals surface area (Å²) in [4.78, 5) is 3.81. The fraction of sp³-hybridized carbons (Fsp3) is 0.667. The summed E-state index contributed by atoms with van der Waals surface area (Å²) in [5, 5.41) is 12.0. The SMILES string of the molecule is CCN(Cc1cccs1)[C@H]1CCC[C@@H]1O.